The molecule has 0 fully saturated rings. The van der Waals surface area contributed by atoms with Gasteiger partial charge in [0.25, 0.3) is 5.56 Å². The number of benzene rings is 2. The molecule has 2 N–H and O–H groups in total. The van der Waals surface area contributed by atoms with Gasteiger partial charge in [-0.3, -0.25) is 14.5 Å². The number of aromatic amines is 1. The largest absolute Gasteiger partial charge is 0.495 e. The van der Waals surface area contributed by atoms with Crippen LogP contribution in [0.1, 0.15) is 5.82 Å². The average molecular weight is 387 g/mol. The summed E-state index contributed by atoms with van der Waals surface area (Å²) in [6.07, 6.45) is 0. The number of nitrogens with zero attached hydrogens (tertiary/aromatic N) is 2. The summed E-state index contributed by atoms with van der Waals surface area (Å²) in [5.74, 6) is 0.835. The van der Waals surface area contributed by atoms with E-state index in [4.69, 9.17) is 16.3 Å². The molecule has 0 bridgehead atoms. The molecule has 0 atom stereocenters. The summed E-state index contributed by atoms with van der Waals surface area (Å²) < 4.78 is 5.09. The minimum Gasteiger partial charge on any atom is -0.495 e. The fourth-order valence-electron chi connectivity index (χ4n) is 2.71. The van der Waals surface area contributed by atoms with Crippen LogP contribution in [0, 0.1) is 0 Å². The van der Waals surface area contributed by atoms with Gasteiger partial charge < -0.3 is 15.0 Å². The Hall–Kier alpha value is -2.90. The Kier molecular flexibility index (Phi) is 5.73. The number of carbonyl (C=O) groups is 1. The van der Waals surface area contributed by atoms with Gasteiger partial charge in [-0.1, -0.05) is 23.7 Å². The molecule has 0 aliphatic heterocycles. The van der Waals surface area contributed by atoms with Crippen LogP contribution in [0.5, 0.6) is 5.75 Å². The summed E-state index contributed by atoms with van der Waals surface area (Å²) in [6.45, 7) is 0.455. The standard InChI is InChI=1S/C19H19ClN4O3/c1-24(10-17-22-15-6-4-3-5-13(15)19(26)23-17)11-18(25)21-12-7-8-16(27-2)14(20)9-12/h3-9H,10-11H2,1-2H3,(H,21,25)(H,22,23,26). The number of hydrogen-bond acceptors (Lipinski definition) is 5. The smallest absolute Gasteiger partial charge is 0.258 e. The number of H-pyrrole nitrogens is 1. The molecule has 1 heterocycles. The monoisotopic (exact) mass is 386 g/mol. The molecular weight excluding hydrogens is 368 g/mol. The lowest BCUT2D eigenvalue weighted by molar-refractivity contribution is -0.117. The van der Waals surface area contributed by atoms with Gasteiger partial charge in [-0.05, 0) is 37.4 Å². The zero-order valence-electron chi connectivity index (χ0n) is 15.0. The molecule has 140 valence electrons. The second-order valence-electron chi connectivity index (χ2n) is 6.10. The van der Waals surface area contributed by atoms with Gasteiger partial charge >= 0.3 is 0 Å². The third-order valence-corrected chi connectivity index (χ3v) is 4.23. The van der Waals surface area contributed by atoms with Crippen molar-refractivity contribution in [2.24, 2.45) is 0 Å². The Bertz CT molecular complexity index is 1030. The molecule has 27 heavy (non-hydrogen) atoms. The van der Waals surface area contributed by atoms with Gasteiger partial charge in [-0.2, -0.15) is 0 Å². The van der Waals surface area contributed by atoms with Gasteiger partial charge in [0.05, 0.1) is 36.1 Å². The van der Waals surface area contributed by atoms with Crippen LogP contribution in [-0.4, -0.2) is 41.5 Å². The number of nitrogens with one attached hydrogen (secondary N) is 2. The highest BCUT2D eigenvalue weighted by Crippen LogP contribution is 2.27. The Morgan fingerprint density at radius 2 is 2.07 bits per heavy atom. The molecule has 0 saturated heterocycles. The fraction of sp³-hybridized carbons (Fsp3) is 0.211. The zero-order valence-corrected chi connectivity index (χ0v) is 15.7. The van der Waals surface area contributed by atoms with E-state index in [0.717, 1.165) is 0 Å². The van der Waals surface area contributed by atoms with Crippen molar-refractivity contribution in [3.8, 4) is 5.75 Å². The molecule has 1 aromatic heterocycles. The summed E-state index contributed by atoms with van der Waals surface area (Å²) in [7, 11) is 3.30. The second kappa shape index (κ2) is 8.20. The zero-order chi connectivity index (χ0) is 19.4. The van der Waals surface area contributed by atoms with Crippen LogP contribution in [-0.2, 0) is 11.3 Å². The van der Waals surface area contributed by atoms with Gasteiger partial charge in [0.15, 0.2) is 0 Å². The first-order valence-electron chi connectivity index (χ1n) is 8.26. The van der Waals surface area contributed by atoms with Crippen molar-refractivity contribution in [2.75, 3.05) is 26.0 Å². The Labute approximate surface area is 160 Å². The number of likely N-dealkylation sites (N-methyl/N-ethyl adjacent to an activating group) is 1. The number of ether oxygens (including phenoxy) is 1. The van der Waals surface area contributed by atoms with E-state index in [2.05, 4.69) is 15.3 Å². The van der Waals surface area contributed by atoms with Crippen molar-refractivity contribution in [1.82, 2.24) is 14.9 Å². The number of hydrogen-bond donors (Lipinski definition) is 2. The van der Waals surface area contributed by atoms with Crippen LogP contribution < -0.4 is 15.6 Å². The minimum atomic E-state index is -0.207. The van der Waals surface area contributed by atoms with Crippen LogP contribution in [0.25, 0.3) is 10.9 Å². The Morgan fingerprint density at radius 3 is 2.81 bits per heavy atom. The molecule has 0 unspecified atom stereocenters. The number of anilines is 1. The maximum Gasteiger partial charge on any atom is 0.258 e. The molecule has 7 nitrogen and oxygen atoms in total. The highest BCUT2D eigenvalue weighted by atomic mass is 35.5. The van der Waals surface area contributed by atoms with E-state index >= 15 is 0 Å². The summed E-state index contributed by atoms with van der Waals surface area (Å²) in [5, 5.41) is 3.74. The molecular formula is C19H19ClN4O3. The summed E-state index contributed by atoms with van der Waals surface area (Å²) in [6, 6.07) is 12.2. The molecule has 0 aliphatic rings. The van der Waals surface area contributed by atoms with Crippen LogP contribution in [0.4, 0.5) is 5.69 Å². The van der Waals surface area contributed by atoms with Crippen LogP contribution >= 0.6 is 11.6 Å². The van der Waals surface area contributed by atoms with Crippen molar-refractivity contribution < 1.29 is 9.53 Å². The van der Waals surface area contributed by atoms with E-state index in [9.17, 15) is 9.59 Å². The second-order valence-corrected chi connectivity index (χ2v) is 6.51. The van der Waals surface area contributed by atoms with Crippen molar-refractivity contribution in [3.63, 3.8) is 0 Å². The number of amides is 1. The van der Waals surface area contributed by atoms with Crippen molar-refractivity contribution in [2.45, 2.75) is 6.54 Å². The van der Waals surface area contributed by atoms with E-state index in [0.29, 0.717) is 39.7 Å². The first kappa shape index (κ1) is 18.9. The van der Waals surface area contributed by atoms with E-state index in [1.807, 2.05) is 6.07 Å². The molecule has 3 rings (SSSR count). The van der Waals surface area contributed by atoms with E-state index in [1.54, 1.807) is 48.3 Å². The third-order valence-electron chi connectivity index (χ3n) is 3.93. The number of halogens is 1. The van der Waals surface area contributed by atoms with Gasteiger partial charge in [0, 0.05) is 5.69 Å². The number of aromatic nitrogens is 2. The molecule has 1 amide bonds. The molecule has 0 radical (unpaired) electrons. The highest BCUT2D eigenvalue weighted by Gasteiger charge is 2.11. The van der Waals surface area contributed by atoms with Crippen molar-refractivity contribution >= 4 is 34.1 Å². The van der Waals surface area contributed by atoms with Gasteiger partial charge in [0.2, 0.25) is 5.91 Å². The van der Waals surface area contributed by atoms with Gasteiger partial charge in [-0.15, -0.1) is 0 Å². The Morgan fingerprint density at radius 1 is 1.30 bits per heavy atom. The number of fused-ring (bicyclic) bond motifs is 1. The minimum absolute atomic E-state index is 0.125. The summed E-state index contributed by atoms with van der Waals surface area (Å²) in [4.78, 5) is 33.3. The topological polar surface area (TPSA) is 87.3 Å². The van der Waals surface area contributed by atoms with E-state index in [1.165, 1.54) is 7.11 Å². The average Bonchev–Trinajstić information content (AvgIpc) is 2.61. The highest BCUT2D eigenvalue weighted by molar-refractivity contribution is 6.32. The SMILES string of the molecule is COc1ccc(NC(=O)CN(C)Cc2nc3ccccc3c(=O)[nH]2)cc1Cl. The molecule has 0 aliphatic carbocycles. The predicted octanol–water partition coefficient (Wildman–Crippen LogP) is 2.66. The number of para-hydroxylation sites is 1. The van der Waals surface area contributed by atoms with E-state index in [-0.39, 0.29) is 18.0 Å². The van der Waals surface area contributed by atoms with Crippen LogP contribution in [0.3, 0.4) is 0 Å². The maximum absolute atomic E-state index is 12.2. The van der Waals surface area contributed by atoms with Crippen LogP contribution in [0.2, 0.25) is 5.02 Å². The van der Waals surface area contributed by atoms with Gasteiger partial charge in [-0.25, -0.2) is 4.98 Å². The number of carbonyl (C=O) groups excluding carboxylic acids is 1. The number of methoxy groups -OCH3 is 1. The fourth-order valence-corrected chi connectivity index (χ4v) is 2.97. The van der Waals surface area contributed by atoms with Gasteiger partial charge in [0.1, 0.15) is 11.6 Å². The van der Waals surface area contributed by atoms with Crippen molar-refractivity contribution in [1.29, 1.82) is 0 Å². The lowest BCUT2D eigenvalue weighted by Gasteiger charge is -2.16. The normalized spacial score (nSPS) is 11.0. The molecule has 8 heteroatoms. The number of rotatable bonds is 6. The summed E-state index contributed by atoms with van der Waals surface area (Å²) in [5.41, 5.74) is 1.01. The molecule has 0 saturated carbocycles. The molecule has 3 aromatic rings. The first-order valence-corrected chi connectivity index (χ1v) is 8.64. The predicted molar refractivity (Wildman–Crippen MR) is 105 cm³/mol. The van der Waals surface area contributed by atoms with E-state index < -0.39 is 0 Å². The Balaban J connectivity index is 1.63. The van der Waals surface area contributed by atoms with Crippen molar-refractivity contribution in [3.05, 3.63) is 63.7 Å². The quantitative estimate of drug-likeness (QED) is 0.680. The third kappa shape index (κ3) is 4.64. The summed E-state index contributed by atoms with van der Waals surface area (Å²) >= 11 is 6.06. The van der Waals surface area contributed by atoms with Crippen LogP contribution in [0.15, 0.2) is 47.3 Å². The maximum atomic E-state index is 12.2. The lowest BCUT2D eigenvalue weighted by atomic mass is 10.2. The molecule has 0 spiro atoms. The molecule has 2 aromatic carbocycles. The lowest BCUT2D eigenvalue weighted by Crippen LogP contribution is -2.31. The first-order chi connectivity index (χ1) is 13.0.